The van der Waals surface area contributed by atoms with Crippen molar-refractivity contribution >= 4 is 55.2 Å². The van der Waals surface area contributed by atoms with E-state index in [0.717, 1.165) is 20.7 Å². The number of nitrogens with zero attached hydrogens (tertiary/aromatic N) is 2. The molecule has 1 heterocycles. The molecule has 0 saturated heterocycles. The van der Waals surface area contributed by atoms with Crippen LogP contribution in [0.5, 0.6) is 11.5 Å². The van der Waals surface area contributed by atoms with Crippen LogP contribution in [0.25, 0.3) is 11.5 Å². The number of halogens is 2. The summed E-state index contributed by atoms with van der Waals surface area (Å²) in [6, 6.07) is 10.8. The zero-order chi connectivity index (χ0) is 20.1. The summed E-state index contributed by atoms with van der Waals surface area (Å²) in [6.45, 7) is 0. The molecule has 0 aliphatic carbocycles. The number of thioether (sulfide) groups is 1. The molecule has 0 spiro atoms. The number of carbonyl (C=O) groups is 1. The van der Waals surface area contributed by atoms with Crippen molar-refractivity contribution in [3.05, 3.63) is 45.3 Å². The van der Waals surface area contributed by atoms with Crippen molar-refractivity contribution in [1.29, 1.82) is 0 Å². The zero-order valence-electron chi connectivity index (χ0n) is 14.9. The van der Waals surface area contributed by atoms with Crippen LogP contribution in [0.2, 0.25) is 0 Å². The molecule has 0 unspecified atom stereocenters. The molecule has 146 valence electrons. The fraction of sp³-hybridized carbons (Fsp3) is 0.167. The maximum atomic E-state index is 12.2. The minimum absolute atomic E-state index is 0.127. The molecular formula is C18H15Br2N3O4S. The van der Waals surface area contributed by atoms with Crippen LogP contribution in [0, 0.1) is 0 Å². The highest BCUT2D eigenvalue weighted by molar-refractivity contribution is 9.11. The molecule has 0 radical (unpaired) electrons. The van der Waals surface area contributed by atoms with Gasteiger partial charge in [0.05, 0.1) is 25.7 Å². The Morgan fingerprint density at radius 3 is 2.50 bits per heavy atom. The normalized spacial score (nSPS) is 10.6. The Balaban J connectivity index is 1.65. The Hall–Kier alpha value is -2.04. The second-order valence-corrected chi connectivity index (χ2v) is 8.13. The maximum absolute atomic E-state index is 12.2. The number of aromatic nitrogens is 2. The van der Waals surface area contributed by atoms with Crippen molar-refractivity contribution in [2.24, 2.45) is 0 Å². The van der Waals surface area contributed by atoms with Crippen LogP contribution in [0.4, 0.5) is 5.69 Å². The molecule has 0 bridgehead atoms. The van der Waals surface area contributed by atoms with Crippen molar-refractivity contribution in [3.63, 3.8) is 0 Å². The summed E-state index contributed by atoms with van der Waals surface area (Å²) in [4.78, 5) is 12.2. The summed E-state index contributed by atoms with van der Waals surface area (Å²) < 4.78 is 17.8. The predicted molar refractivity (Wildman–Crippen MR) is 114 cm³/mol. The molecule has 0 atom stereocenters. The van der Waals surface area contributed by atoms with E-state index < -0.39 is 0 Å². The largest absolute Gasteiger partial charge is 0.497 e. The first kappa shape index (κ1) is 20.7. The molecule has 0 aliphatic heterocycles. The molecule has 1 N–H and O–H groups in total. The zero-order valence-corrected chi connectivity index (χ0v) is 18.9. The van der Waals surface area contributed by atoms with Crippen molar-refractivity contribution in [2.45, 2.75) is 5.22 Å². The van der Waals surface area contributed by atoms with Gasteiger partial charge in [0.1, 0.15) is 11.5 Å². The molecule has 1 amide bonds. The van der Waals surface area contributed by atoms with E-state index in [-0.39, 0.29) is 11.7 Å². The summed E-state index contributed by atoms with van der Waals surface area (Å²) in [5.74, 6) is 1.48. The number of benzene rings is 2. The molecule has 0 saturated carbocycles. The van der Waals surface area contributed by atoms with Crippen molar-refractivity contribution in [3.8, 4) is 23.0 Å². The average molecular weight is 529 g/mol. The highest BCUT2D eigenvalue weighted by Crippen LogP contribution is 2.31. The van der Waals surface area contributed by atoms with Crippen LogP contribution >= 0.6 is 43.6 Å². The van der Waals surface area contributed by atoms with E-state index in [1.807, 2.05) is 18.2 Å². The van der Waals surface area contributed by atoms with Crippen molar-refractivity contribution < 1.29 is 18.7 Å². The molecule has 3 aromatic rings. The fourth-order valence-electron chi connectivity index (χ4n) is 2.22. The first-order valence-corrected chi connectivity index (χ1v) is 10.5. The summed E-state index contributed by atoms with van der Waals surface area (Å²) in [5, 5.41) is 11.1. The van der Waals surface area contributed by atoms with Crippen LogP contribution in [0.1, 0.15) is 0 Å². The molecule has 0 fully saturated rings. The highest BCUT2D eigenvalue weighted by Gasteiger charge is 2.14. The van der Waals surface area contributed by atoms with E-state index in [0.29, 0.717) is 33.9 Å². The number of hydrogen-bond donors (Lipinski definition) is 1. The van der Waals surface area contributed by atoms with Gasteiger partial charge in [-0.25, -0.2) is 0 Å². The third kappa shape index (κ3) is 5.27. The Kier molecular flexibility index (Phi) is 6.97. The number of ether oxygens (including phenoxy) is 2. The van der Waals surface area contributed by atoms with Crippen LogP contribution < -0.4 is 14.8 Å². The first-order valence-electron chi connectivity index (χ1n) is 7.93. The second kappa shape index (κ2) is 9.44. The Bertz CT molecular complexity index is 974. The standard InChI is InChI=1S/C18H15Br2N3O4S/c1-25-12-5-10(6-13(8-12)26-2)17-22-23-18(27-17)28-9-16(24)21-15-7-11(19)3-4-14(15)20/h3-8H,9H2,1-2H3,(H,21,24). The first-order chi connectivity index (χ1) is 13.5. The number of hydrogen-bond acceptors (Lipinski definition) is 7. The molecule has 7 nitrogen and oxygen atoms in total. The van der Waals surface area contributed by atoms with Gasteiger partial charge < -0.3 is 19.2 Å². The van der Waals surface area contributed by atoms with Crippen LogP contribution in [-0.4, -0.2) is 36.1 Å². The Morgan fingerprint density at radius 1 is 1.11 bits per heavy atom. The monoisotopic (exact) mass is 527 g/mol. The number of amides is 1. The van der Waals surface area contributed by atoms with Gasteiger partial charge in [-0.1, -0.05) is 27.7 Å². The Labute approximate surface area is 182 Å². The van der Waals surface area contributed by atoms with E-state index >= 15 is 0 Å². The minimum atomic E-state index is -0.188. The quantitative estimate of drug-likeness (QED) is 0.431. The molecule has 3 rings (SSSR count). The number of rotatable bonds is 7. The van der Waals surface area contributed by atoms with E-state index in [2.05, 4.69) is 47.4 Å². The number of methoxy groups -OCH3 is 2. The fourth-order valence-corrected chi connectivity index (χ4v) is 3.49. The minimum Gasteiger partial charge on any atom is -0.497 e. The van der Waals surface area contributed by atoms with Gasteiger partial charge in [0.25, 0.3) is 5.22 Å². The summed E-state index contributed by atoms with van der Waals surface area (Å²) in [6.07, 6.45) is 0. The summed E-state index contributed by atoms with van der Waals surface area (Å²) in [7, 11) is 3.13. The van der Waals surface area contributed by atoms with E-state index in [1.165, 1.54) is 0 Å². The molecule has 28 heavy (non-hydrogen) atoms. The molecule has 1 aromatic heterocycles. The number of anilines is 1. The van der Waals surface area contributed by atoms with Gasteiger partial charge in [-0.15, -0.1) is 10.2 Å². The lowest BCUT2D eigenvalue weighted by Gasteiger charge is -2.07. The smallest absolute Gasteiger partial charge is 0.277 e. The topological polar surface area (TPSA) is 86.5 Å². The second-order valence-electron chi connectivity index (χ2n) is 5.44. The van der Waals surface area contributed by atoms with Crippen LogP contribution in [-0.2, 0) is 4.79 Å². The molecule has 0 aliphatic rings. The van der Waals surface area contributed by atoms with Crippen molar-refractivity contribution in [2.75, 3.05) is 25.3 Å². The maximum Gasteiger partial charge on any atom is 0.277 e. The van der Waals surface area contributed by atoms with Gasteiger partial charge in [0, 0.05) is 20.6 Å². The van der Waals surface area contributed by atoms with Crippen LogP contribution in [0.3, 0.4) is 0 Å². The lowest BCUT2D eigenvalue weighted by atomic mass is 10.2. The lowest BCUT2D eigenvalue weighted by Crippen LogP contribution is -2.14. The predicted octanol–water partition coefficient (Wildman–Crippen LogP) is 5.01. The van der Waals surface area contributed by atoms with E-state index in [1.54, 1.807) is 32.4 Å². The van der Waals surface area contributed by atoms with E-state index in [4.69, 9.17) is 13.9 Å². The van der Waals surface area contributed by atoms with Gasteiger partial charge >= 0.3 is 0 Å². The third-order valence-corrected chi connectivity index (χ3v) is 5.54. The lowest BCUT2D eigenvalue weighted by molar-refractivity contribution is -0.113. The van der Waals surface area contributed by atoms with Gasteiger partial charge in [-0.2, -0.15) is 0 Å². The number of nitrogens with one attached hydrogen (secondary N) is 1. The number of carbonyl (C=O) groups excluding carboxylic acids is 1. The SMILES string of the molecule is COc1cc(OC)cc(-c2nnc(SCC(=O)Nc3cc(Br)ccc3Br)o2)c1. The van der Waals surface area contributed by atoms with Crippen molar-refractivity contribution in [1.82, 2.24) is 10.2 Å². The summed E-state index contributed by atoms with van der Waals surface area (Å²) >= 11 is 7.93. The molecule has 10 heteroatoms. The highest BCUT2D eigenvalue weighted by atomic mass is 79.9. The van der Waals surface area contributed by atoms with Gasteiger partial charge in [-0.05, 0) is 46.3 Å². The molecular weight excluding hydrogens is 514 g/mol. The summed E-state index contributed by atoms with van der Waals surface area (Å²) in [5.41, 5.74) is 1.34. The Morgan fingerprint density at radius 2 is 1.82 bits per heavy atom. The van der Waals surface area contributed by atoms with Crippen LogP contribution in [0.15, 0.2) is 55.0 Å². The van der Waals surface area contributed by atoms with Gasteiger partial charge in [0.2, 0.25) is 11.8 Å². The van der Waals surface area contributed by atoms with Gasteiger partial charge in [0.15, 0.2) is 0 Å². The van der Waals surface area contributed by atoms with Gasteiger partial charge in [-0.3, -0.25) is 4.79 Å². The van der Waals surface area contributed by atoms with E-state index in [9.17, 15) is 4.79 Å². The molecule has 2 aromatic carbocycles. The average Bonchev–Trinajstić information content (AvgIpc) is 3.18. The third-order valence-electron chi connectivity index (χ3n) is 3.53.